The van der Waals surface area contributed by atoms with Crippen LogP contribution in [0.25, 0.3) is 0 Å². The molecule has 0 radical (unpaired) electrons. The summed E-state index contributed by atoms with van der Waals surface area (Å²) in [6, 6.07) is 11.7. The lowest BCUT2D eigenvalue weighted by Crippen LogP contribution is -2.51. The molecular weight excluding hydrogens is 444 g/mol. The molecule has 0 spiro atoms. The van der Waals surface area contributed by atoms with Crippen LogP contribution in [0.4, 0.5) is 0 Å². The fourth-order valence-corrected chi connectivity index (χ4v) is 4.40. The molecule has 2 aromatic carbocycles. The minimum Gasteiger partial charge on any atom is -0.497 e. The van der Waals surface area contributed by atoms with Crippen molar-refractivity contribution in [1.29, 1.82) is 0 Å². The number of fused-ring (bicyclic) bond motifs is 1. The van der Waals surface area contributed by atoms with Crippen LogP contribution in [-0.4, -0.2) is 50.1 Å². The number of para-hydroxylation sites is 1. The molecule has 7 heteroatoms. The zero-order valence-electron chi connectivity index (χ0n) is 21.4. The quantitative estimate of drug-likeness (QED) is 0.638. The van der Waals surface area contributed by atoms with E-state index in [4.69, 9.17) is 14.2 Å². The summed E-state index contributed by atoms with van der Waals surface area (Å²) in [6.45, 7) is 5.85. The van der Waals surface area contributed by atoms with Gasteiger partial charge in [-0.15, -0.1) is 0 Å². The highest BCUT2D eigenvalue weighted by atomic mass is 16.5. The molecule has 188 valence electrons. The third-order valence-electron chi connectivity index (χ3n) is 6.22. The van der Waals surface area contributed by atoms with Gasteiger partial charge in [-0.2, -0.15) is 0 Å². The van der Waals surface area contributed by atoms with Crippen molar-refractivity contribution in [2.45, 2.75) is 51.8 Å². The van der Waals surface area contributed by atoms with E-state index in [0.29, 0.717) is 35.7 Å². The highest BCUT2D eigenvalue weighted by Crippen LogP contribution is 2.32. The lowest BCUT2D eigenvalue weighted by molar-refractivity contribution is -0.127. The third kappa shape index (κ3) is 6.15. The first-order chi connectivity index (χ1) is 16.8. The Labute approximate surface area is 208 Å². The van der Waals surface area contributed by atoms with Crippen molar-refractivity contribution in [2.24, 2.45) is 5.92 Å². The van der Waals surface area contributed by atoms with Crippen molar-refractivity contribution in [2.75, 3.05) is 21.3 Å². The average molecular weight is 481 g/mol. The summed E-state index contributed by atoms with van der Waals surface area (Å²) >= 11 is 0. The summed E-state index contributed by atoms with van der Waals surface area (Å²) < 4.78 is 17.1. The number of rotatable bonds is 4. The summed E-state index contributed by atoms with van der Waals surface area (Å²) in [6.07, 6.45) is 5.18. The van der Waals surface area contributed by atoms with E-state index in [1.54, 1.807) is 45.5 Å². The summed E-state index contributed by atoms with van der Waals surface area (Å²) in [5.74, 6) is 1.22. The van der Waals surface area contributed by atoms with Crippen molar-refractivity contribution < 1.29 is 23.8 Å². The molecule has 0 aromatic heterocycles. The van der Waals surface area contributed by atoms with Crippen LogP contribution in [-0.2, 0) is 4.79 Å². The summed E-state index contributed by atoms with van der Waals surface area (Å²) in [5.41, 5.74) is 1.28. The Balaban J connectivity index is 2.04. The van der Waals surface area contributed by atoms with Gasteiger partial charge in [-0.05, 0) is 43.5 Å². The Morgan fingerprint density at radius 1 is 1.03 bits per heavy atom. The molecule has 3 rings (SSSR count). The van der Waals surface area contributed by atoms with E-state index in [-0.39, 0.29) is 29.9 Å². The van der Waals surface area contributed by atoms with Gasteiger partial charge < -0.3 is 24.4 Å². The molecule has 3 atom stereocenters. The zero-order chi connectivity index (χ0) is 25.5. The van der Waals surface area contributed by atoms with Crippen LogP contribution in [0, 0.1) is 5.92 Å². The van der Waals surface area contributed by atoms with Crippen LogP contribution in [0.5, 0.6) is 17.2 Å². The Morgan fingerprint density at radius 2 is 1.74 bits per heavy atom. The molecule has 1 N–H and O–H groups in total. The lowest BCUT2D eigenvalue weighted by atomic mass is 9.97. The second-order valence-corrected chi connectivity index (χ2v) is 9.14. The molecule has 0 saturated carbocycles. The van der Waals surface area contributed by atoms with Crippen molar-refractivity contribution >= 4 is 11.8 Å². The molecule has 35 heavy (non-hydrogen) atoms. The second-order valence-electron chi connectivity index (χ2n) is 9.14. The van der Waals surface area contributed by atoms with E-state index in [9.17, 15) is 9.59 Å². The van der Waals surface area contributed by atoms with Gasteiger partial charge in [0.1, 0.15) is 23.3 Å². The first-order valence-corrected chi connectivity index (χ1v) is 12.0. The van der Waals surface area contributed by atoms with E-state index in [1.165, 1.54) is 4.90 Å². The largest absolute Gasteiger partial charge is 0.497 e. The number of likely N-dealkylation sites (N-methyl/N-ethyl adjacent to an activating group) is 1. The van der Waals surface area contributed by atoms with Crippen LogP contribution in [0.15, 0.2) is 54.6 Å². The number of ether oxygens (including phenoxy) is 3. The average Bonchev–Trinajstić information content (AvgIpc) is 2.84. The Hall–Kier alpha value is -3.48. The minimum atomic E-state index is -0.674. The summed E-state index contributed by atoms with van der Waals surface area (Å²) in [5, 5.41) is 3.18. The number of hydrogen-bond acceptors (Lipinski definition) is 5. The molecule has 7 nitrogen and oxygen atoms in total. The number of hydrogen-bond donors (Lipinski definition) is 1. The Bertz CT molecular complexity index is 1070. The van der Waals surface area contributed by atoms with Crippen LogP contribution in [0.2, 0.25) is 0 Å². The predicted molar refractivity (Wildman–Crippen MR) is 136 cm³/mol. The van der Waals surface area contributed by atoms with Gasteiger partial charge in [0.2, 0.25) is 5.91 Å². The van der Waals surface area contributed by atoms with E-state index >= 15 is 0 Å². The van der Waals surface area contributed by atoms with Gasteiger partial charge >= 0.3 is 0 Å². The maximum atomic E-state index is 13.6. The third-order valence-corrected chi connectivity index (χ3v) is 6.22. The fraction of sp³-hybridized carbons (Fsp3) is 0.429. The number of carbonyl (C=O) groups excluding carboxylic acids is 2. The zero-order valence-corrected chi connectivity index (χ0v) is 21.4. The molecule has 2 aromatic rings. The van der Waals surface area contributed by atoms with Gasteiger partial charge in [0.05, 0.1) is 31.9 Å². The van der Waals surface area contributed by atoms with Gasteiger partial charge in [0.25, 0.3) is 5.91 Å². The maximum absolute atomic E-state index is 13.6. The molecule has 0 unspecified atom stereocenters. The molecule has 2 amide bonds. The summed E-state index contributed by atoms with van der Waals surface area (Å²) in [4.78, 5) is 28.7. The number of benzene rings is 2. The number of amides is 2. The maximum Gasteiger partial charge on any atom is 0.258 e. The van der Waals surface area contributed by atoms with Crippen molar-refractivity contribution in [3.8, 4) is 17.2 Å². The molecule has 1 heterocycles. The van der Waals surface area contributed by atoms with Crippen molar-refractivity contribution in [3.63, 3.8) is 0 Å². The van der Waals surface area contributed by atoms with E-state index in [0.717, 1.165) is 5.56 Å². The van der Waals surface area contributed by atoms with Gasteiger partial charge in [0.15, 0.2) is 0 Å². The first-order valence-electron chi connectivity index (χ1n) is 12.0. The van der Waals surface area contributed by atoms with Gasteiger partial charge in [0, 0.05) is 25.1 Å². The molecule has 0 fully saturated rings. The van der Waals surface area contributed by atoms with E-state index < -0.39 is 6.04 Å². The van der Waals surface area contributed by atoms with Crippen LogP contribution in [0.3, 0.4) is 0 Å². The van der Waals surface area contributed by atoms with E-state index in [1.807, 2.05) is 51.1 Å². The molecule has 0 bridgehead atoms. The van der Waals surface area contributed by atoms with Crippen LogP contribution < -0.4 is 19.5 Å². The van der Waals surface area contributed by atoms with Gasteiger partial charge in [-0.1, -0.05) is 38.1 Å². The highest BCUT2D eigenvalue weighted by molar-refractivity contribution is 5.99. The Morgan fingerprint density at radius 3 is 2.43 bits per heavy atom. The van der Waals surface area contributed by atoms with Gasteiger partial charge in [-0.3, -0.25) is 9.59 Å². The number of carbonyl (C=O) groups is 2. The Kier molecular flexibility index (Phi) is 8.79. The van der Waals surface area contributed by atoms with Crippen molar-refractivity contribution in [1.82, 2.24) is 10.2 Å². The molecular formula is C28H36N2O5. The predicted octanol–water partition coefficient (Wildman–Crippen LogP) is 4.78. The monoisotopic (exact) mass is 480 g/mol. The van der Waals surface area contributed by atoms with Gasteiger partial charge in [-0.25, -0.2) is 0 Å². The highest BCUT2D eigenvalue weighted by Gasteiger charge is 2.33. The molecule has 1 aliphatic rings. The van der Waals surface area contributed by atoms with Crippen LogP contribution >= 0.6 is 0 Å². The minimum absolute atomic E-state index is 0.113. The molecule has 1 aliphatic heterocycles. The number of nitrogens with zero attached hydrogens (tertiary/aromatic N) is 1. The van der Waals surface area contributed by atoms with Crippen LogP contribution in [0.1, 0.15) is 55.6 Å². The standard InChI is InChI=1S/C28H36N2O5/c1-18(2)26-27(31)29-23(21-16-15-20(33-5)17-25(21)34-6)13-9-7-11-19(3)35-24-14-10-8-12-22(24)28(32)30(26)4/h7-10,12,14-19,23,26H,11,13H2,1-6H3,(H,29,31)/b9-7+/t19-,23+,26-/m1/s1. The number of nitrogens with one attached hydrogen (secondary N) is 1. The first kappa shape index (κ1) is 26.1. The molecule has 0 saturated heterocycles. The van der Waals surface area contributed by atoms with E-state index in [2.05, 4.69) is 5.32 Å². The smallest absolute Gasteiger partial charge is 0.258 e. The SMILES string of the molecule is COc1ccc([C@@H]2C/C=C/C[C@@H](C)Oc3ccccc3C(=O)N(C)[C@H](C(C)C)C(=O)N2)c(OC)c1. The molecule has 0 aliphatic carbocycles. The fourth-order valence-electron chi connectivity index (χ4n) is 4.40. The summed E-state index contributed by atoms with van der Waals surface area (Å²) in [7, 11) is 4.86. The number of methoxy groups -OCH3 is 2. The normalized spacial score (nSPS) is 22.5. The lowest BCUT2D eigenvalue weighted by Gasteiger charge is -2.32. The second kappa shape index (κ2) is 11.8. The topological polar surface area (TPSA) is 77.1 Å². The van der Waals surface area contributed by atoms with Crippen molar-refractivity contribution in [3.05, 3.63) is 65.7 Å².